The maximum atomic E-state index is 12.8. The number of benzene rings is 2. The van der Waals surface area contributed by atoms with Crippen molar-refractivity contribution in [1.29, 1.82) is 0 Å². The van der Waals surface area contributed by atoms with Crippen molar-refractivity contribution < 1.29 is 18.5 Å². The lowest BCUT2D eigenvalue weighted by Crippen LogP contribution is -2.58. The molecule has 0 radical (unpaired) electrons. The average Bonchev–Trinajstić information content (AvgIpc) is 3.77. The van der Waals surface area contributed by atoms with E-state index in [9.17, 15) is 9.59 Å². The molecule has 0 amide bonds. The Balaban J connectivity index is 1.16. The molecule has 2 aromatic carbocycles. The fourth-order valence-corrected chi connectivity index (χ4v) is 13.3. The van der Waals surface area contributed by atoms with E-state index in [0.717, 1.165) is 25.4 Å². The summed E-state index contributed by atoms with van der Waals surface area (Å²) in [6, 6.07) is 23.1. The highest BCUT2D eigenvalue weighted by Gasteiger charge is 2.64. The fraction of sp³-hybridized carbons (Fsp3) is 0.484. The summed E-state index contributed by atoms with van der Waals surface area (Å²) in [4.78, 5) is 27.2. The summed E-state index contributed by atoms with van der Waals surface area (Å²) in [5.41, 5.74) is -1.15. The van der Waals surface area contributed by atoms with Gasteiger partial charge in [-0.05, 0) is 32.2 Å². The molecule has 4 saturated heterocycles. The topological polar surface area (TPSA) is 95.0 Å². The smallest absolute Gasteiger partial charge is 0.330 e. The van der Waals surface area contributed by atoms with Gasteiger partial charge < -0.3 is 18.5 Å². The molecule has 11 heteroatoms. The lowest BCUT2D eigenvalue weighted by molar-refractivity contribution is -0.175. The van der Waals surface area contributed by atoms with Gasteiger partial charge in [-0.3, -0.25) is 14.3 Å². The minimum atomic E-state index is -2.12. The molecule has 42 heavy (non-hydrogen) atoms. The van der Waals surface area contributed by atoms with Gasteiger partial charge in [0.25, 0.3) is 14.1 Å². The van der Waals surface area contributed by atoms with E-state index in [4.69, 9.17) is 18.5 Å². The van der Waals surface area contributed by atoms with Crippen molar-refractivity contribution in [2.45, 2.75) is 81.9 Å². The molecule has 0 saturated carbocycles. The van der Waals surface area contributed by atoms with Crippen LogP contribution < -0.4 is 21.6 Å². The summed E-state index contributed by atoms with van der Waals surface area (Å²) in [5.74, 6) is 0. The Morgan fingerprint density at radius 3 is 2.45 bits per heavy atom. The molecule has 222 valence electrons. The second kappa shape index (κ2) is 10.9. The number of aryl methyl sites for hydroxylation is 1. The Morgan fingerprint density at radius 1 is 1.10 bits per heavy atom. The van der Waals surface area contributed by atoms with Crippen molar-refractivity contribution in [2.75, 3.05) is 13.2 Å². The first kappa shape index (κ1) is 28.3. The standard InChI is InChI=1S/C31H38N3O6PSi/c1-4-31-20-37-26(29(38-31)33-18-21(2)28(35)32-30(33)36)27(31)40-41-34-17-11-16-24(34)25(39-41)19-42(3,22-12-7-5-8-13-22)23-14-9-6-10-15-23/h5-10,12-15,18,24-27,29H,4,11,16-17,19-20H2,1-3H3,(H,32,35,36)/t24-,25+,26-,27?,29+,31-,41+/m0/s1. The molecule has 1 N–H and O–H groups in total. The predicted octanol–water partition coefficient (Wildman–Crippen LogP) is 3.29. The van der Waals surface area contributed by atoms with Gasteiger partial charge in [0, 0.05) is 24.3 Å². The molecule has 0 aliphatic carbocycles. The van der Waals surface area contributed by atoms with Crippen LogP contribution in [-0.2, 0) is 18.5 Å². The number of H-pyrrole nitrogens is 1. The van der Waals surface area contributed by atoms with E-state index in [1.54, 1.807) is 13.1 Å². The van der Waals surface area contributed by atoms with Crippen LogP contribution in [0.25, 0.3) is 0 Å². The van der Waals surface area contributed by atoms with Crippen molar-refractivity contribution in [3.05, 3.63) is 93.3 Å². The highest BCUT2D eigenvalue weighted by Crippen LogP contribution is 2.61. The van der Waals surface area contributed by atoms with Gasteiger partial charge in [-0.1, -0.05) is 84.5 Å². The summed E-state index contributed by atoms with van der Waals surface area (Å²) >= 11 is 0. The highest BCUT2D eigenvalue weighted by molar-refractivity contribution is 7.45. The van der Waals surface area contributed by atoms with Gasteiger partial charge in [-0.25, -0.2) is 9.46 Å². The second-order valence-corrected chi connectivity index (χ2v) is 17.9. The van der Waals surface area contributed by atoms with Crippen LogP contribution in [0.2, 0.25) is 12.6 Å². The zero-order chi connectivity index (χ0) is 29.1. The van der Waals surface area contributed by atoms with E-state index in [1.165, 1.54) is 14.9 Å². The number of aromatic nitrogens is 2. The van der Waals surface area contributed by atoms with Crippen LogP contribution in [0.3, 0.4) is 0 Å². The molecule has 7 rings (SSSR count). The van der Waals surface area contributed by atoms with E-state index >= 15 is 0 Å². The third-order valence-corrected chi connectivity index (χ3v) is 16.0. The molecule has 1 unspecified atom stereocenters. The Kier molecular flexibility index (Phi) is 7.38. The molecular formula is C31H38N3O6PSi. The number of nitrogens with zero attached hydrogens (tertiary/aromatic N) is 2. The number of hydrogen-bond acceptors (Lipinski definition) is 7. The van der Waals surface area contributed by atoms with Crippen LogP contribution in [0.5, 0.6) is 0 Å². The van der Waals surface area contributed by atoms with Crippen molar-refractivity contribution in [1.82, 2.24) is 14.2 Å². The van der Waals surface area contributed by atoms with Gasteiger partial charge in [0.15, 0.2) is 6.23 Å². The molecule has 2 bridgehead atoms. The van der Waals surface area contributed by atoms with Gasteiger partial charge in [0.1, 0.15) is 25.9 Å². The zero-order valence-corrected chi connectivity index (χ0v) is 26.2. The summed E-state index contributed by atoms with van der Waals surface area (Å²) in [5, 5.41) is 2.82. The minimum absolute atomic E-state index is 0.0643. The number of fused-ring (bicyclic) bond motifs is 3. The number of nitrogens with one attached hydrogen (secondary N) is 1. The average molecular weight is 608 g/mol. The van der Waals surface area contributed by atoms with Gasteiger partial charge in [0.05, 0.1) is 12.7 Å². The Labute approximate surface area is 247 Å². The Morgan fingerprint density at radius 2 is 1.79 bits per heavy atom. The summed E-state index contributed by atoms with van der Waals surface area (Å²) in [6.07, 6.45) is 2.96. The van der Waals surface area contributed by atoms with E-state index in [-0.39, 0.29) is 12.2 Å². The van der Waals surface area contributed by atoms with Gasteiger partial charge >= 0.3 is 5.69 Å². The molecule has 1 aromatic heterocycles. The number of rotatable bonds is 8. The summed E-state index contributed by atoms with van der Waals surface area (Å²) in [6.45, 7) is 7.54. The van der Waals surface area contributed by atoms with Crippen LogP contribution in [-0.4, -0.2) is 65.4 Å². The lowest BCUT2D eigenvalue weighted by atomic mass is 9.96. The van der Waals surface area contributed by atoms with Crippen molar-refractivity contribution in [3.63, 3.8) is 0 Å². The monoisotopic (exact) mass is 607 g/mol. The van der Waals surface area contributed by atoms with Crippen LogP contribution in [0, 0.1) is 6.92 Å². The van der Waals surface area contributed by atoms with Crippen molar-refractivity contribution >= 4 is 27.0 Å². The normalized spacial score (nSPS) is 32.5. The first-order valence-electron chi connectivity index (χ1n) is 15.0. The number of hydrogen-bond donors (Lipinski definition) is 1. The van der Waals surface area contributed by atoms with Crippen LogP contribution in [0.1, 0.15) is 38.0 Å². The highest BCUT2D eigenvalue weighted by atomic mass is 31.2. The molecule has 5 heterocycles. The fourth-order valence-electron chi connectivity index (χ4n) is 7.26. The second-order valence-electron chi connectivity index (χ2n) is 12.2. The van der Waals surface area contributed by atoms with Crippen LogP contribution >= 0.6 is 8.53 Å². The maximum Gasteiger partial charge on any atom is 0.330 e. The Hall–Kier alpha value is -2.43. The van der Waals surface area contributed by atoms with Crippen LogP contribution in [0.4, 0.5) is 0 Å². The predicted molar refractivity (Wildman–Crippen MR) is 164 cm³/mol. The van der Waals surface area contributed by atoms with Crippen molar-refractivity contribution in [3.8, 4) is 0 Å². The molecule has 4 fully saturated rings. The summed E-state index contributed by atoms with van der Waals surface area (Å²) in [7, 11) is -3.46. The lowest BCUT2D eigenvalue weighted by Gasteiger charge is -2.32. The SMILES string of the molecule is CC[C@]12CO[C@@H](C1O[P@@]1O[C@H](C[Si](C)(c3ccccc3)c3ccccc3)[C@@H]3CCCN31)[C@H](n1cc(C)c(=O)[nH]c1=O)O2. The third kappa shape index (κ3) is 4.59. The van der Waals surface area contributed by atoms with Gasteiger partial charge in [0.2, 0.25) is 0 Å². The quantitative estimate of drug-likeness (QED) is 0.310. The van der Waals surface area contributed by atoms with Crippen LogP contribution in [0.15, 0.2) is 76.4 Å². The molecule has 7 atom stereocenters. The van der Waals surface area contributed by atoms with E-state index in [2.05, 4.69) is 83.8 Å². The largest absolute Gasteiger partial charge is 0.368 e. The van der Waals surface area contributed by atoms with E-state index in [1.807, 2.05) is 0 Å². The zero-order valence-electron chi connectivity index (χ0n) is 24.3. The first-order valence-corrected chi connectivity index (χ1v) is 18.8. The molecule has 4 aliphatic rings. The third-order valence-electron chi connectivity index (χ3n) is 9.76. The maximum absolute atomic E-state index is 12.8. The minimum Gasteiger partial charge on any atom is -0.368 e. The Bertz CT molecular complexity index is 1510. The van der Waals surface area contributed by atoms with Crippen molar-refractivity contribution in [2.24, 2.45) is 0 Å². The molecule has 9 nitrogen and oxygen atoms in total. The number of aromatic amines is 1. The summed E-state index contributed by atoms with van der Waals surface area (Å²) < 4.78 is 30.5. The molecular weight excluding hydrogens is 569 g/mol. The number of ether oxygens (including phenoxy) is 2. The molecule has 3 aromatic rings. The first-order chi connectivity index (χ1) is 20.3. The van der Waals surface area contributed by atoms with E-state index < -0.39 is 45.8 Å². The van der Waals surface area contributed by atoms with E-state index in [0.29, 0.717) is 24.6 Å². The van der Waals surface area contributed by atoms with Gasteiger partial charge in [-0.2, -0.15) is 0 Å². The molecule has 4 aliphatic heterocycles. The van der Waals surface area contributed by atoms with Gasteiger partial charge in [-0.15, -0.1) is 0 Å². The molecule has 0 spiro atoms.